The molecule has 0 amide bonds. The van der Waals surface area contributed by atoms with Gasteiger partial charge in [0.1, 0.15) is 5.60 Å². The van der Waals surface area contributed by atoms with Gasteiger partial charge in [-0.05, 0) is 40.5 Å². The molecule has 0 unspecified atom stereocenters. The third kappa shape index (κ3) is 2.58. The third-order valence-corrected chi connectivity index (χ3v) is 2.20. The lowest BCUT2D eigenvalue weighted by molar-refractivity contribution is -0.165. The zero-order valence-electron chi connectivity index (χ0n) is 8.89. The summed E-state index contributed by atoms with van der Waals surface area (Å²) in [5, 5.41) is 0. The summed E-state index contributed by atoms with van der Waals surface area (Å²) >= 11 is 0. The number of esters is 1. The number of hydrogen-bond acceptors (Lipinski definition) is 2. The van der Waals surface area contributed by atoms with E-state index >= 15 is 0 Å². The summed E-state index contributed by atoms with van der Waals surface area (Å²) in [6.07, 6.45) is 5.71. The average molecular weight is 182 g/mol. The fourth-order valence-corrected chi connectivity index (χ4v) is 1.34. The molecule has 1 rings (SSSR count). The summed E-state index contributed by atoms with van der Waals surface area (Å²) in [5.41, 5.74) is -0.685. The molecule has 0 atom stereocenters. The van der Waals surface area contributed by atoms with Crippen molar-refractivity contribution in [2.75, 3.05) is 0 Å². The molecule has 1 aliphatic carbocycles. The molecule has 0 saturated heterocycles. The molecule has 0 aromatic heterocycles. The zero-order valence-corrected chi connectivity index (χ0v) is 8.89. The molecule has 0 N–H and O–H groups in total. The Kier molecular flexibility index (Phi) is 2.51. The zero-order chi connectivity index (χ0) is 10.1. The van der Waals surface area contributed by atoms with Crippen LogP contribution in [0, 0.1) is 5.41 Å². The Morgan fingerprint density at radius 2 is 1.77 bits per heavy atom. The van der Waals surface area contributed by atoms with Gasteiger partial charge < -0.3 is 4.74 Å². The van der Waals surface area contributed by atoms with Crippen LogP contribution in [-0.4, -0.2) is 11.6 Å². The lowest BCUT2D eigenvalue weighted by Crippen LogP contribution is -2.34. The van der Waals surface area contributed by atoms with Crippen LogP contribution in [0.2, 0.25) is 0 Å². The molecule has 0 aromatic rings. The number of carbonyl (C=O) groups is 1. The number of rotatable bonds is 1. The van der Waals surface area contributed by atoms with Crippen LogP contribution < -0.4 is 0 Å². The van der Waals surface area contributed by atoms with E-state index in [0.717, 1.165) is 12.8 Å². The molecule has 0 fully saturated rings. The van der Waals surface area contributed by atoms with E-state index in [2.05, 4.69) is 0 Å². The molecule has 0 aliphatic heterocycles. The molecule has 0 saturated carbocycles. The highest BCUT2D eigenvalue weighted by molar-refractivity contribution is 5.77. The Morgan fingerprint density at radius 3 is 2.15 bits per heavy atom. The average Bonchev–Trinajstić information content (AvgIpc) is 2.33. The normalized spacial score (nSPS) is 20.3. The summed E-state index contributed by atoms with van der Waals surface area (Å²) in [6, 6.07) is 0. The van der Waals surface area contributed by atoms with Gasteiger partial charge in [0.05, 0.1) is 5.41 Å². The second-order valence-corrected chi connectivity index (χ2v) is 4.94. The van der Waals surface area contributed by atoms with Gasteiger partial charge >= 0.3 is 5.97 Å². The molecule has 0 spiro atoms. The minimum absolute atomic E-state index is 0.0787. The molecule has 2 nitrogen and oxygen atoms in total. The van der Waals surface area contributed by atoms with Gasteiger partial charge in [0.25, 0.3) is 0 Å². The molecule has 74 valence electrons. The molecular weight excluding hydrogens is 164 g/mol. The number of carbonyl (C=O) groups excluding carboxylic acids is 1. The van der Waals surface area contributed by atoms with Crippen LogP contribution in [0.25, 0.3) is 0 Å². The van der Waals surface area contributed by atoms with Crippen molar-refractivity contribution in [1.82, 2.24) is 0 Å². The standard InChI is InChI=1S/C11H18O2/c1-10(2,3)13-9(12)11(4)7-5-6-8-11/h5-6H,7-8H2,1-4H3. The van der Waals surface area contributed by atoms with Gasteiger partial charge in [-0.15, -0.1) is 0 Å². The first-order chi connectivity index (χ1) is 5.83. The summed E-state index contributed by atoms with van der Waals surface area (Å²) in [6.45, 7) is 7.66. The van der Waals surface area contributed by atoms with E-state index in [1.165, 1.54) is 0 Å². The first-order valence-corrected chi connectivity index (χ1v) is 4.72. The molecule has 0 radical (unpaired) electrons. The molecule has 0 aromatic carbocycles. The van der Waals surface area contributed by atoms with Crippen LogP contribution in [0.5, 0.6) is 0 Å². The molecular formula is C11H18O2. The maximum Gasteiger partial charge on any atom is 0.312 e. The molecule has 13 heavy (non-hydrogen) atoms. The van der Waals surface area contributed by atoms with E-state index in [1.807, 2.05) is 39.8 Å². The SMILES string of the molecule is CC(C)(C)OC(=O)C1(C)CC=CC1. The Hall–Kier alpha value is -0.790. The van der Waals surface area contributed by atoms with Crippen molar-refractivity contribution < 1.29 is 9.53 Å². The highest BCUT2D eigenvalue weighted by Crippen LogP contribution is 2.34. The first kappa shape index (κ1) is 10.3. The topological polar surface area (TPSA) is 26.3 Å². The van der Waals surface area contributed by atoms with Crippen molar-refractivity contribution >= 4 is 5.97 Å². The summed E-state index contributed by atoms with van der Waals surface area (Å²) in [4.78, 5) is 11.7. The predicted octanol–water partition coefficient (Wildman–Crippen LogP) is 2.68. The Balaban J connectivity index is 2.58. The first-order valence-electron chi connectivity index (χ1n) is 4.72. The van der Waals surface area contributed by atoms with Crippen LogP contribution >= 0.6 is 0 Å². The van der Waals surface area contributed by atoms with E-state index in [9.17, 15) is 4.79 Å². The maximum atomic E-state index is 11.7. The van der Waals surface area contributed by atoms with Crippen molar-refractivity contribution in [2.24, 2.45) is 5.41 Å². The third-order valence-electron chi connectivity index (χ3n) is 2.20. The predicted molar refractivity (Wildman–Crippen MR) is 52.3 cm³/mol. The van der Waals surface area contributed by atoms with Gasteiger partial charge in [-0.25, -0.2) is 0 Å². The summed E-state index contributed by atoms with van der Waals surface area (Å²) in [7, 11) is 0. The number of ether oxygens (including phenoxy) is 1. The molecule has 0 heterocycles. The highest BCUT2D eigenvalue weighted by Gasteiger charge is 2.37. The van der Waals surface area contributed by atoms with E-state index in [-0.39, 0.29) is 17.0 Å². The van der Waals surface area contributed by atoms with Gasteiger partial charge in [-0.1, -0.05) is 12.2 Å². The van der Waals surface area contributed by atoms with Gasteiger partial charge in [-0.2, -0.15) is 0 Å². The lowest BCUT2D eigenvalue weighted by Gasteiger charge is -2.27. The Bertz CT molecular complexity index is 225. The van der Waals surface area contributed by atoms with Crippen LogP contribution in [0.3, 0.4) is 0 Å². The van der Waals surface area contributed by atoms with E-state index in [1.54, 1.807) is 0 Å². The Labute approximate surface area is 80.0 Å². The Morgan fingerprint density at radius 1 is 1.31 bits per heavy atom. The second-order valence-electron chi connectivity index (χ2n) is 4.94. The quantitative estimate of drug-likeness (QED) is 0.460. The molecule has 1 aliphatic rings. The smallest absolute Gasteiger partial charge is 0.312 e. The van der Waals surface area contributed by atoms with Crippen molar-refractivity contribution in [3.8, 4) is 0 Å². The fraction of sp³-hybridized carbons (Fsp3) is 0.727. The summed E-state index contributed by atoms with van der Waals surface area (Å²) < 4.78 is 5.35. The van der Waals surface area contributed by atoms with E-state index in [0.29, 0.717) is 0 Å². The second kappa shape index (κ2) is 3.17. The van der Waals surface area contributed by atoms with Gasteiger partial charge in [0, 0.05) is 0 Å². The van der Waals surface area contributed by atoms with Crippen LogP contribution in [-0.2, 0) is 9.53 Å². The van der Waals surface area contributed by atoms with Crippen molar-refractivity contribution in [3.63, 3.8) is 0 Å². The van der Waals surface area contributed by atoms with Crippen LogP contribution in [0.1, 0.15) is 40.5 Å². The maximum absolute atomic E-state index is 11.7. The lowest BCUT2D eigenvalue weighted by atomic mass is 9.88. The van der Waals surface area contributed by atoms with Crippen LogP contribution in [0.4, 0.5) is 0 Å². The summed E-state index contributed by atoms with van der Waals surface area (Å²) in [5.74, 6) is -0.0787. The van der Waals surface area contributed by atoms with E-state index in [4.69, 9.17) is 4.74 Å². The van der Waals surface area contributed by atoms with Crippen molar-refractivity contribution in [2.45, 2.75) is 46.1 Å². The number of hydrogen-bond donors (Lipinski definition) is 0. The minimum Gasteiger partial charge on any atom is -0.460 e. The van der Waals surface area contributed by atoms with E-state index < -0.39 is 0 Å². The molecule has 2 heteroatoms. The number of allylic oxidation sites excluding steroid dienone is 2. The molecule has 0 bridgehead atoms. The van der Waals surface area contributed by atoms with Crippen molar-refractivity contribution in [1.29, 1.82) is 0 Å². The monoisotopic (exact) mass is 182 g/mol. The highest BCUT2D eigenvalue weighted by atomic mass is 16.6. The van der Waals surface area contributed by atoms with Gasteiger partial charge in [0.2, 0.25) is 0 Å². The van der Waals surface area contributed by atoms with Gasteiger partial charge in [0.15, 0.2) is 0 Å². The minimum atomic E-state index is -0.372. The van der Waals surface area contributed by atoms with Crippen molar-refractivity contribution in [3.05, 3.63) is 12.2 Å². The largest absolute Gasteiger partial charge is 0.460 e. The van der Waals surface area contributed by atoms with Gasteiger partial charge in [-0.3, -0.25) is 4.79 Å². The fourth-order valence-electron chi connectivity index (χ4n) is 1.34. The van der Waals surface area contributed by atoms with Crippen LogP contribution in [0.15, 0.2) is 12.2 Å².